The van der Waals surface area contributed by atoms with Gasteiger partial charge in [0.15, 0.2) is 5.96 Å². The first-order valence-corrected chi connectivity index (χ1v) is 8.43. The van der Waals surface area contributed by atoms with E-state index in [1.165, 1.54) is 11.1 Å². The summed E-state index contributed by atoms with van der Waals surface area (Å²) in [5, 5.41) is 6.60. The number of aryl methyl sites for hydroxylation is 2. The number of rotatable bonds is 7. The highest BCUT2D eigenvalue weighted by molar-refractivity contribution is 14.0. The highest BCUT2D eigenvalue weighted by atomic mass is 127. The van der Waals surface area contributed by atoms with Crippen LogP contribution in [0.1, 0.15) is 25.0 Å². The van der Waals surface area contributed by atoms with Gasteiger partial charge in [0, 0.05) is 26.0 Å². The molecule has 1 atom stereocenters. The van der Waals surface area contributed by atoms with Crippen molar-refractivity contribution in [2.24, 2.45) is 12.0 Å². The van der Waals surface area contributed by atoms with Gasteiger partial charge in [-0.05, 0) is 50.1 Å². The first kappa shape index (κ1) is 21.3. The molecule has 2 N–H and O–H groups in total. The van der Waals surface area contributed by atoms with Crippen molar-refractivity contribution in [1.29, 1.82) is 0 Å². The van der Waals surface area contributed by atoms with E-state index in [0.29, 0.717) is 13.1 Å². The maximum Gasteiger partial charge on any atom is 0.191 e. The molecule has 25 heavy (non-hydrogen) atoms. The minimum Gasteiger partial charge on any atom is -0.489 e. The van der Waals surface area contributed by atoms with Crippen molar-refractivity contribution in [2.45, 2.75) is 33.4 Å². The normalized spacial score (nSPS) is 12.2. The smallest absolute Gasteiger partial charge is 0.191 e. The molecule has 1 heterocycles. The van der Waals surface area contributed by atoms with E-state index in [1.807, 2.05) is 36.0 Å². The molecule has 2 aromatic rings. The maximum atomic E-state index is 5.94. The lowest BCUT2D eigenvalue weighted by Gasteiger charge is -2.18. The SMILES string of the molecule is CCNC(=NCc1ccn(C)c1)NCC(C)Oc1cccc(C)c1.I. The molecular weight excluding hydrogens is 427 g/mol. The van der Waals surface area contributed by atoms with Crippen LogP contribution in [0.4, 0.5) is 0 Å². The highest BCUT2D eigenvalue weighted by Crippen LogP contribution is 2.13. The van der Waals surface area contributed by atoms with Gasteiger partial charge >= 0.3 is 0 Å². The second-order valence-corrected chi connectivity index (χ2v) is 6.01. The average molecular weight is 456 g/mol. The fraction of sp³-hybridized carbons (Fsp3) is 0.421. The molecule has 0 amide bonds. The molecule has 0 aliphatic heterocycles. The van der Waals surface area contributed by atoms with E-state index in [1.54, 1.807) is 0 Å². The van der Waals surface area contributed by atoms with Crippen LogP contribution in [0.2, 0.25) is 0 Å². The second kappa shape index (κ2) is 11.0. The summed E-state index contributed by atoms with van der Waals surface area (Å²) in [5.41, 5.74) is 2.39. The third-order valence-corrected chi connectivity index (χ3v) is 3.54. The van der Waals surface area contributed by atoms with Crippen LogP contribution in [0.25, 0.3) is 0 Å². The van der Waals surface area contributed by atoms with Crippen LogP contribution >= 0.6 is 24.0 Å². The van der Waals surface area contributed by atoms with Crippen molar-refractivity contribution < 1.29 is 4.74 Å². The van der Waals surface area contributed by atoms with E-state index in [0.717, 1.165) is 18.3 Å². The number of guanidine groups is 1. The summed E-state index contributed by atoms with van der Waals surface area (Å²) in [4.78, 5) is 4.62. The van der Waals surface area contributed by atoms with Gasteiger partial charge in [0.25, 0.3) is 0 Å². The van der Waals surface area contributed by atoms with Gasteiger partial charge in [0.2, 0.25) is 0 Å². The largest absolute Gasteiger partial charge is 0.489 e. The molecule has 138 valence electrons. The molecule has 1 aromatic heterocycles. The van der Waals surface area contributed by atoms with E-state index >= 15 is 0 Å². The van der Waals surface area contributed by atoms with Crippen molar-refractivity contribution in [1.82, 2.24) is 15.2 Å². The minimum atomic E-state index is 0. The van der Waals surface area contributed by atoms with Crippen LogP contribution < -0.4 is 15.4 Å². The molecule has 1 unspecified atom stereocenters. The first-order chi connectivity index (χ1) is 11.6. The summed E-state index contributed by atoms with van der Waals surface area (Å²) in [6, 6.07) is 10.2. The Morgan fingerprint density at radius 2 is 2.08 bits per heavy atom. The van der Waals surface area contributed by atoms with Crippen molar-refractivity contribution in [2.75, 3.05) is 13.1 Å². The first-order valence-electron chi connectivity index (χ1n) is 8.43. The lowest BCUT2D eigenvalue weighted by atomic mass is 10.2. The van der Waals surface area contributed by atoms with Crippen molar-refractivity contribution >= 4 is 29.9 Å². The Balaban J connectivity index is 0.00000312. The topological polar surface area (TPSA) is 50.6 Å². The van der Waals surface area contributed by atoms with Gasteiger partial charge in [-0.15, -0.1) is 24.0 Å². The fourth-order valence-electron chi connectivity index (χ4n) is 2.37. The Labute approximate surface area is 167 Å². The molecule has 0 fully saturated rings. The summed E-state index contributed by atoms with van der Waals surface area (Å²) in [6.07, 6.45) is 4.16. The Bertz CT molecular complexity index is 669. The number of hydrogen-bond donors (Lipinski definition) is 2. The maximum absolute atomic E-state index is 5.94. The predicted octanol–water partition coefficient (Wildman–Crippen LogP) is 3.47. The molecule has 6 heteroatoms. The van der Waals surface area contributed by atoms with Gasteiger partial charge in [-0.3, -0.25) is 0 Å². The van der Waals surface area contributed by atoms with Crippen molar-refractivity contribution in [3.8, 4) is 5.75 Å². The molecule has 0 radical (unpaired) electrons. The summed E-state index contributed by atoms with van der Waals surface area (Å²) >= 11 is 0. The van der Waals surface area contributed by atoms with Crippen LogP contribution in [-0.2, 0) is 13.6 Å². The monoisotopic (exact) mass is 456 g/mol. The number of benzene rings is 1. The molecule has 2 rings (SSSR count). The van der Waals surface area contributed by atoms with Gasteiger partial charge in [-0.2, -0.15) is 0 Å². The number of nitrogens with one attached hydrogen (secondary N) is 2. The quantitative estimate of drug-likeness (QED) is 0.381. The molecule has 0 bridgehead atoms. The van der Waals surface area contributed by atoms with E-state index < -0.39 is 0 Å². The molecule has 0 spiro atoms. The number of aromatic nitrogens is 1. The second-order valence-electron chi connectivity index (χ2n) is 6.01. The van der Waals surface area contributed by atoms with Crippen LogP contribution in [-0.4, -0.2) is 29.7 Å². The van der Waals surface area contributed by atoms with E-state index in [-0.39, 0.29) is 30.1 Å². The van der Waals surface area contributed by atoms with Crippen LogP contribution in [0, 0.1) is 6.92 Å². The third kappa shape index (κ3) is 7.81. The van der Waals surface area contributed by atoms with Gasteiger partial charge in [0.05, 0.1) is 13.1 Å². The van der Waals surface area contributed by atoms with E-state index in [4.69, 9.17) is 4.74 Å². The average Bonchev–Trinajstić information content (AvgIpc) is 2.95. The zero-order valence-corrected chi connectivity index (χ0v) is 17.8. The fourth-order valence-corrected chi connectivity index (χ4v) is 2.37. The van der Waals surface area contributed by atoms with Crippen LogP contribution in [0.15, 0.2) is 47.7 Å². The number of hydrogen-bond acceptors (Lipinski definition) is 2. The van der Waals surface area contributed by atoms with Crippen LogP contribution in [0.5, 0.6) is 5.75 Å². The number of nitrogens with zero attached hydrogens (tertiary/aromatic N) is 2. The Kier molecular flexibility index (Phi) is 9.41. The van der Waals surface area contributed by atoms with E-state index in [2.05, 4.69) is 54.7 Å². The molecule has 5 nitrogen and oxygen atoms in total. The molecule has 0 saturated carbocycles. The third-order valence-electron chi connectivity index (χ3n) is 3.54. The van der Waals surface area contributed by atoms with Crippen molar-refractivity contribution in [3.05, 3.63) is 53.9 Å². The predicted molar refractivity (Wildman–Crippen MR) is 115 cm³/mol. The summed E-state index contributed by atoms with van der Waals surface area (Å²) < 4.78 is 7.97. The minimum absolute atomic E-state index is 0. The van der Waals surface area contributed by atoms with Gasteiger partial charge < -0.3 is 19.9 Å². The number of halogens is 1. The molecule has 0 aliphatic carbocycles. The molecular formula is C19H29IN4O. The lowest BCUT2D eigenvalue weighted by molar-refractivity contribution is 0.223. The van der Waals surface area contributed by atoms with Crippen molar-refractivity contribution in [3.63, 3.8) is 0 Å². The summed E-state index contributed by atoms with van der Waals surface area (Å²) in [5.74, 6) is 1.71. The Morgan fingerprint density at radius 1 is 1.28 bits per heavy atom. The lowest BCUT2D eigenvalue weighted by Crippen LogP contribution is -2.41. The Hall–Kier alpha value is -1.70. The summed E-state index contributed by atoms with van der Waals surface area (Å²) in [6.45, 7) is 8.35. The summed E-state index contributed by atoms with van der Waals surface area (Å²) in [7, 11) is 2.01. The van der Waals surface area contributed by atoms with Gasteiger partial charge in [-0.25, -0.2) is 4.99 Å². The molecule has 0 saturated heterocycles. The molecule has 1 aromatic carbocycles. The van der Waals surface area contributed by atoms with Crippen LogP contribution in [0.3, 0.4) is 0 Å². The molecule has 0 aliphatic rings. The number of aliphatic imine (C=N–C) groups is 1. The zero-order chi connectivity index (χ0) is 17.4. The standard InChI is InChI=1S/C19H28N4O.HI/c1-5-20-19(22-13-17-9-10-23(4)14-17)21-12-16(3)24-18-8-6-7-15(2)11-18;/h6-11,14,16H,5,12-13H2,1-4H3,(H2,20,21,22);1H. The van der Waals surface area contributed by atoms with E-state index in [9.17, 15) is 0 Å². The Morgan fingerprint density at radius 3 is 2.72 bits per heavy atom. The van der Waals surface area contributed by atoms with Gasteiger partial charge in [-0.1, -0.05) is 12.1 Å². The van der Waals surface area contributed by atoms with Gasteiger partial charge in [0.1, 0.15) is 11.9 Å². The number of ether oxygens (including phenoxy) is 1. The zero-order valence-electron chi connectivity index (χ0n) is 15.5. The highest BCUT2D eigenvalue weighted by Gasteiger charge is 2.06.